The van der Waals surface area contributed by atoms with E-state index in [1.807, 2.05) is 6.92 Å². The van der Waals surface area contributed by atoms with E-state index >= 15 is 0 Å². The Bertz CT molecular complexity index is 293. The summed E-state index contributed by atoms with van der Waals surface area (Å²) >= 11 is 0. The van der Waals surface area contributed by atoms with Gasteiger partial charge < -0.3 is 20.1 Å². The van der Waals surface area contributed by atoms with Gasteiger partial charge in [0.15, 0.2) is 0 Å². The maximum absolute atomic E-state index is 12.4. The van der Waals surface area contributed by atoms with Crippen molar-refractivity contribution in [3.63, 3.8) is 0 Å². The van der Waals surface area contributed by atoms with Gasteiger partial charge in [0.05, 0.1) is 26.4 Å². The average Bonchev–Trinajstić information content (AvgIpc) is 2.48. The Labute approximate surface area is 130 Å². The standard InChI is InChI=1S/C15H29F3O4/c1-3-4-14(11-21,5-6-15(16,17)18)12-22-8-7-13(2,9-19)10-20/h19-21H,3-12H2,1-2H3. The summed E-state index contributed by atoms with van der Waals surface area (Å²) in [5.74, 6) is 0. The van der Waals surface area contributed by atoms with Crippen molar-refractivity contribution in [3.8, 4) is 0 Å². The molecule has 0 spiro atoms. The van der Waals surface area contributed by atoms with Crippen molar-refractivity contribution in [1.29, 1.82) is 0 Å². The minimum absolute atomic E-state index is 0.0420. The number of rotatable bonds is 12. The minimum atomic E-state index is -4.25. The largest absolute Gasteiger partial charge is 0.396 e. The topological polar surface area (TPSA) is 69.9 Å². The van der Waals surface area contributed by atoms with Crippen LogP contribution in [0, 0.1) is 10.8 Å². The molecule has 0 aromatic heterocycles. The van der Waals surface area contributed by atoms with Crippen LogP contribution < -0.4 is 0 Å². The van der Waals surface area contributed by atoms with Crippen LogP contribution in [0.5, 0.6) is 0 Å². The van der Waals surface area contributed by atoms with E-state index in [0.29, 0.717) is 19.3 Å². The van der Waals surface area contributed by atoms with E-state index in [1.54, 1.807) is 6.92 Å². The third-order valence-corrected chi connectivity index (χ3v) is 4.08. The molecule has 0 amide bonds. The van der Waals surface area contributed by atoms with Crippen LogP contribution in [0.3, 0.4) is 0 Å². The first kappa shape index (κ1) is 21.6. The Hall–Kier alpha value is -0.370. The maximum Gasteiger partial charge on any atom is 0.389 e. The zero-order valence-corrected chi connectivity index (χ0v) is 13.5. The number of aliphatic hydroxyl groups excluding tert-OH is 3. The lowest BCUT2D eigenvalue weighted by molar-refractivity contribution is -0.146. The summed E-state index contributed by atoms with van der Waals surface area (Å²) in [5.41, 5.74) is -1.56. The molecule has 0 aliphatic rings. The molecule has 22 heavy (non-hydrogen) atoms. The van der Waals surface area contributed by atoms with Crippen LogP contribution in [-0.4, -0.2) is 54.5 Å². The molecule has 0 aromatic carbocycles. The maximum atomic E-state index is 12.4. The van der Waals surface area contributed by atoms with E-state index < -0.39 is 23.4 Å². The van der Waals surface area contributed by atoms with Gasteiger partial charge in [-0.1, -0.05) is 20.3 Å². The molecule has 1 unspecified atom stereocenters. The third-order valence-electron chi connectivity index (χ3n) is 4.08. The first-order valence-corrected chi connectivity index (χ1v) is 7.63. The predicted molar refractivity (Wildman–Crippen MR) is 77.4 cm³/mol. The highest BCUT2D eigenvalue weighted by atomic mass is 19.4. The van der Waals surface area contributed by atoms with Crippen LogP contribution in [0.2, 0.25) is 0 Å². The summed E-state index contributed by atoms with van der Waals surface area (Å²) in [6.07, 6.45) is -3.85. The molecule has 0 aliphatic heterocycles. The second-order valence-electron chi connectivity index (χ2n) is 6.45. The predicted octanol–water partition coefficient (Wildman–Crippen LogP) is 2.51. The molecule has 0 bridgehead atoms. The highest BCUT2D eigenvalue weighted by Crippen LogP contribution is 2.35. The first-order valence-electron chi connectivity index (χ1n) is 7.63. The molecule has 0 fully saturated rings. The fraction of sp³-hybridized carbons (Fsp3) is 1.00. The molecular formula is C15H29F3O4. The Morgan fingerprint density at radius 2 is 1.45 bits per heavy atom. The highest BCUT2D eigenvalue weighted by Gasteiger charge is 2.36. The summed E-state index contributed by atoms with van der Waals surface area (Å²) in [6, 6.07) is 0. The Morgan fingerprint density at radius 1 is 0.864 bits per heavy atom. The van der Waals surface area contributed by atoms with Gasteiger partial charge in [0.2, 0.25) is 0 Å². The number of hydrogen-bond donors (Lipinski definition) is 3. The summed E-state index contributed by atoms with van der Waals surface area (Å²) < 4.78 is 42.7. The molecule has 0 saturated carbocycles. The van der Waals surface area contributed by atoms with Gasteiger partial charge in [-0.2, -0.15) is 13.2 Å². The Balaban J connectivity index is 4.47. The monoisotopic (exact) mass is 330 g/mol. The van der Waals surface area contributed by atoms with E-state index in [4.69, 9.17) is 14.9 Å². The first-order chi connectivity index (χ1) is 10.2. The van der Waals surface area contributed by atoms with Gasteiger partial charge in [-0.25, -0.2) is 0 Å². The van der Waals surface area contributed by atoms with Crippen LogP contribution in [0.15, 0.2) is 0 Å². The van der Waals surface area contributed by atoms with Gasteiger partial charge in [0.1, 0.15) is 0 Å². The number of hydrogen-bond acceptors (Lipinski definition) is 4. The van der Waals surface area contributed by atoms with Crippen molar-refractivity contribution >= 4 is 0 Å². The van der Waals surface area contributed by atoms with Gasteiger partial charge in [0, 0.05) is 23.9 Å². The number of ether oxygens (including phenoxy) is 1. The Morgan fingerprint density at radius 3 is 1.86 bits per heavy atom. The van der Waals surface area contributed by atoms with E-state index in [1.165, 1.54) is 0 Å². The normalized spacial score (nSPS) is 15.8. The van der Waals surface area contributed by atoms with Crippen molar-refractivity contribution < 1.29 is 33.2 Å². The molecule has 4 nitrogen and oxygen atoms in total. The summed E-state index contributed by atoms with van der Waals surface area (Å²) in [5, 5.41) is 27.9. The number of halogens is 3. The lowest BCUT2D eigenvalue weighted by Gasteiger charge is -2.32. The van der Waals surface area contributed by atoms with Crippen molar-refractivity contribution in [1.82, 2.24) is 0 Å². The second-order valence-corrected chi connectivity index (χ2v) is 6.45. The Kier molecular flexibility index (Phi) is 9.54. The van der Waals surface area contributed by atoms with Crippen LogP contribution >= 0.6 is 0 Å². The van der Waals surface area contributed by atoms with Crippen molar-refractivity contribution in [2.75, 3.05) is 33.0 Å². The van der Waals surface area contributed by atoms with Gasteiger partial charge in [-0.15, -0.1) is 0 Å². The van der Waals surface area contributed by atoms with E-state index in [9.17, 15) is 18.3 Å². The van der Waals surface area contributed by atoms with Crippen LogP contribution in [0.1, 0.15) is 46.0 Å². The minimum Gasteiger partial charge on any atom is -0.396 e. The molecule has 0 radical (unpaired) electrons. The zero-order chi connectivity index (χ0) is 17.3. The van der Waals surface area contributed by atoms with Crippen LogP contribution in [0.4, 0.5) is 13.2 Å². The smallest absolute Gasteiger partial charge is 0.389 e. The fourth-order valence-corrected chi connectivity index (χ4v) is 2.23. The SMILES string of the molecule is CCCC(CO)(CCC(F)(F)F)COCCC(C)(CO)CO. The fourth-order valence-electron chi connectivity index (χ4n) is 2.23. The van der Waals surface area contributed by atoms with Crippen LogP contribution in [0.25, 0.3) is 0 Å². The summed E-state index contributed by atoms with van der Waals surface area (Å²) in [4.78, 5) is 0. The molecule has 0 aromatic rings. The molecule has 0 rings (SSSR count). The van der Waals surface area contributed by atoms with Gasteiger partial charge in [0.25, 0.3) is 0 Å². The molecular weight excluding hydrogens is 301 g/mol. The molecule has 7 heteroatoms. The zero-order valence-electron chi connectivity index (χ0n) is 13.5. The number of aliphatic hydroxyl groups is 3. The highest BCUT2D eigenvalue weighted by molar-refractivity contribution is 4.80. The van der Waals surface area contributed by atoms with Crippen LogP contribution in [-0.2, 0) is 4.74 Å². The van der Waals surface area contributed by atoms with Crippen molar-refractivity contribution in [2.24, 2.45) is 10.8 Å². The quantitative estimate of drug-likeness (QED) is 0.481. The molecule has 134 valence electrons. The third kappa shape index (κ3) is 8.31. The molecule has 3 N–H and O–H groups in total. The summed E-state index contributed by atoms with van der Waals surface area (Å²) in [6.45, 7) is 3.07. The van der Waals surface area contributed by atoms with E-state index in [-0.39, 0.29) is 39.5 Å². The van der Waals surface area contributed by atoms with E-state index in [0.717, 1.165) is 0 Å². The number of alkyl halides is 3. The average molecular weight is 330 g/mol. The molecule has 1 atom stereocenters. The van der Waals surface area contributed by atoms with Crippen molar-refractivity contribution in [3.05, 3.63) is 0 Å². The second kappa shape index (κ2) is 9.70. The molecule has 0 heterocycles. The van der Waals surface area contributed by atoms with Gasteiger partial charge in [-0.3, -0.25) is 0 Å². The van der Waals surface area contributed by atoms with Gasteiger partial charge >= 0.3 is 6.18 Å². The summed E-state index contributed by atoms with van der Waals surface area (Å²) in [7, 11) is 0. The molecule has 0 aliphatic carbocycles. The lowest BCUT2D eigenvalue weighted by Crippen LogP contribution is -2.34. The van der Waals surface area contributed by atoms with Gasteiger partial charge in [-0.05, 0) is 19.3 Å². The van der Waals surface area contributed by atoms with E-state index in [2.05, 4.69) is 0 Å². The van der Waals surface area contributed by atoms with Crippen molar-refractivity contribution in [2.45, 2.75) is 52.1 Å². The lowest BCUT2D eigenvalue weighted by atomic mass is 9.80. The molecule has 0 saturated heterocycles.